The number of halogens is 4. The fourth-order valence-electron chi connectivity index (χ4n) is 3.82. The van der Waals surface area contributed by atoms with Gasteiger partial charge in [-0.1, -0.05) is 66.7 Å². The monoisotopic (exact) mass is 462 g/mol. The molecular formula is C26H14BrF3. The normalized spacial score (nSPS) is 11.9. The SMILES string of the molecule is Fc1ccc2c(ccc3c(F)c(F)c(/C=C\c4ccc5ccccc5c4Br)cc32)c1. The fraction of sp³-hybridized carbons (Fsp3) is 0. The van der Waals surface area contributed by atoms with Gasteiger partial charge in [-0.15, -0.1) is 0 Å². The average Bonchev–Trinajstić information content (AvgIpc) is 2.76. The number of rotatable bonds is 2. The van der Waals surface area contributed by atoms with Gasteiger partial charge in [0.25, 0.3) is 0 Å². The number of hydrogen-bond acceptors (Lipinski definition) is 0. The van der Waals surface area contributed by atoms with Crippen LogP contribution in [0.15, 0.2) is 77.3 Å². The standard InChI is InChI=1S/C26H14BrF3/c27-24-16(6-5-15-3-1-2-4-21(15)24)7-8-18-14-23-20-12-10-19(28)13-17(20)9-11-22(23)26(30)25(18)29/h1-14H/b8-7-. The van der Waals surface area contributed by atoms with Crippen LogP contribution in [-0.4, -0.2) is 0 Å². The zero-order valence-corrected chi connectivity index (χ0v) is 17.2. The topological polar surface area (TPSA) is 0 Å². The molecular weight excluding hydrogens is 449 g/mol. The van der Waals surface area contributed by atoms with Gasteiger partial charge in [0.1, 0.15) is 5.82 Å². The molecule has 0 aliphatic heterocycles. The van der Waals surface area contributed by atoms with E-state index in [-0.39, 0.29) is 16.8 Å². The van der Waals surface area contributed by atoms with Gasteiger partial charge in [0, 0.05) is 15.4 Å². The van der Waals surface area contributed by atoms with Crippen LogP contribution in [-0.2, 0) is 0 Å². The molecule has 0 aromatic heterocycles. The Morgan fingerprint density at radius 3 is 2.17 bits per heavy atom. The second kappa shape index (κ2) is 7.29. The van der Waals surface area contributed by atoms with Crippen LogP contribution in [0.1, 0.15) is 11.1 Å². The van der Waals surface area contributed by atoms with Crippen molar-refractivity contribution in [1.82, 2.24) is 0 Å². The predicted octanol–water partition coefficient (Wildman–Crippen LogP) is 8.50. The van der Waals surface area contributed by atoms with Crippen molar-refractivity contribution in [3.05, 3.63) is 106 Å². The Balaban J connectivity index is 1.68. The summed E-state index contributed by atoms with van der Waals surface area (Å²) >= 11 is 3.61. The van der Waals surface area contributed by atoms with Crippen LogP contribution in [0.4, 0.5) is 13.2 Å². The smallest absolute Gasteiger partial charge is 0.167 e. The molecule has 0 spiro atoms. The first-order valence-corrected chi connectivity index (χ1v) is 10.2. The minimum absolute atomic E-state index is 0.136. The molecule has 0 saturated carbocycles. The Hall–Kier alpha value is -3.11. The van der Waals surface area contributed by atoms with E-state index in [1.165, 1.54) is 18.2 Å². The van der Waals surface area contributed by atoms with Gasteiger partial charge in [0.2, 0.25) is 0 Å². The molecule has 5 aromatic rings. The predicted molar refractivity (Wildman–Crippen MR) is 122 cm³/mol. The summed E-state index contributed by atoms with van der Waals surface area (Å²) in [5, 5.41) is 4.16. The molecule has 0 N–H and O–H groups in total. The summed E-state index contributed by atoms with van der Waals surface area (Å²) in [4.78, 5) is 0. The summed E-state index contributed by atoms with van der Waals surface area (Å²) in [7, 11) is 0. The van der Waals surface area contributed by atoms with Gasteiger partial charge in [-0.3, -0.25) is 0 Å². The maximum absolute atomic E-state index is 14.8. The van der Waals surface area contributed by atoms with E-state index < -0.39 is 11.6 Å². The highest BCUT2D eigenvalue weighted by Gasteiger charge is 2.14. The van der Waals surface area contributed by atoms with E-state index in [4.69, 9.17) is 0 Å². The summed E-state index contributed by atoms with van der Waals surface area (Å²) in [6, 6.07) is 20.8. The second-order valence-corrected chi connectivity index (χ2v) is 7.94. The van der Waals surface area contributed by atoms with Crippen LogP contribution in [0.25, 0.3) is 44.5 Å². The molecule has 0 saturated heterocycles. The van der Waals surface area contributed by atoms with Gasteiger partial charge in [-0.05, 0) is 66.6 Å². The number of fused-ring (bicyclic) bond motifs is 4. The van der Waals surface area contributed by atoms with Crippen molar-refractivity contribution in [1.29, 1.82) is 0 Å². The summed E-state index contributed by atoms with van der Waals surface area (Å²) in [5.41, 5.74) is 0.991. The Morgan fingerprint density at radius 2 is 1.30 bits per heavy atom. The molecule has 0 amide bonds. The summed E-state index contributed by atoms with van der Waals surface area (Å²) in [5.74, 6) is -2.18. The summed E-state index contributed by atoms with van der Waals surface area (Å²) in [6.45, 7) is 0. The van der Waals surface area contributed by atoms with Crippen molar-refractivity contribution in [3.63, 3.8) is 0 Å². The molecule has 30 heavy (non-hydrogen) atoms. The van der Waals surface area contributed by atoms with E-state index in [2.05, 4.69) is 15.9 Å². The first-order chi connectivity index (χ1) is 14.5. The highest BCUT2D eigenvalue weighted by Crippen LogP contribution is 2.33. The maximum Gasteiger partial charge on any atom is 0.167 e. The first kappa shape index (κ1) is 18.9. The van der Waals surface area contributed by atoms with E-state index in [9.17, 15) is 13.2 Å². The quantitative estimate of drug-likeness (QED) is 0.182. The third kappa shape index (κ3) is 3.08. The molecule has 0 aliphatic rings. The highest BCUT2D eigenvalue weighted by atomic mass is 79.9. The molecule has 0 radical (unpaired) electrons. The number of hydrogen-bond donors (Lipinski definition) is 0. The van der Waals surface area contributed by atoms with Crippen molar-refractivity contribution in [2.24, 2.45) is 0 Å². The largest absolute Gasteiger partial charge is 0.207 e. The first-order valence-electron chi connectivity index (χ1n) is 9.38. The molecule has 5 rings (SSSR count). The molecule has 0 atom stereocenters. The van der Waals surface area contributed by atoms with Gasteiger partial charge in [0.15, 0.2) is 11.6 Å². The van der Waals surface area contributed by atoms with Crippen LogP contribution >= 0.6 is 15.9 Å². The number of benzene rings is 5. The van der Waals surface area contributed by atoms with Crippen molar-refractivity contribution in [3.8, 4) is 0 Å². The van der Waals surface area contributed by atoms with E-state index in [1.807, 2.05) is 36.4 Å². The Morgan fingerprint density at radius 1 is 0.567 bits per heavy atom. The van der Waals surface area contributed by atoms with E-state index in [0.29, 0.717) is 16.2 Å². The van der Waals surface area contributed by atoms with Gasteiger partial charge in [0.05, 0.1) is 0 Å². The van der Waals surface area contributed by atoms with Crippen LogP contribution in [0.2, 0.25) is 0 Å². The Bertz CT molecular complexity index is 1490. The van der Waals surface area contributed by atoms with Crippen molar-refractivity contribution in [2.45, 2.75) is 0 Å². The van der Waals surface area contributed by atoms with Crippen LogP contribution in [0, 0.1) is 17.5 Å². The third-order valence-electron chi connectivity index (χ3n) is 5.34. The molecule has 0 fully saturated rings. The van der Waals surface area contributed by atoms with E-state index in [1.54, 1.807) is 30.4 Å². The fourth-order valence-corrected chi connectivity index (χ4v) is 4.44. The molecule has 0 heterocycles. The van der Waals surface area contributed by atoms with Crippen molar-refractivity contribution in [2.75, 3.05) is 0 Å². The molecule has 146 valence electrons. The molecule has 0 nitrogen and oxygen atoms in total. The Kier molecular flexibility index (Phi) is 4.59. The van der Waals surface area contributed by atoms with Gasteiger partial charge < -0.3 is 0 Å². The van der Waals surface area contributed by atoms with E-state index in [0.717, 1.165) is 20.8 Å². The summed E-state index contributed by atoms with van der Waals surface area (Å²) < 4.78 is 44.0. The zero-order valence-electron chi connectivity index (χ0n) is 15.6. The molecule has 4 heteroatoms. The van der Waals surface area contributed by atoms with Crippen molar-refractivity contribution < 1.29 is 13.2 Å². The minimum atomic E-state index is -0.907. The van der Waals surface area contributed by atoms with Gasteiger partial charge in [-0.25, -0.2) is 13.2 Å². The lowest BCUT2D eigenvalue weighted by atomic mass is 9.98. The molecule has 5 aromatic carbocycles. The lowest BCUT2D eigenvalue weighted by Crippen LogP contribution is -1.92. The van der Waals surface area contributed by atoms with Crippen molar-refractivity contribution >= 4 is 60.4 Å². The van der Waals surface area contributed by atoms with Crippen LogP contribution in [0.5, 0.6) is 0 Å². The highest BCUT2D eigenvalue weighted by molar-refractivity contribution is 9.10. The maximum atomic E-state index is 14.8. The minimum Gasteiger partial charge on any atom is -0.207 e. The molecule has 0 unspecified atom stereocenters. The van der Waals surface area contributed by atoms with Gasteiger partial charge >= 0.3 is 0 Å². The van der Waals surface area contributed by atoms with Crippen LogP contribution in [0.3, 0.4) is 0 Å². The zero-order chi connectivity index (χ0) is 20.8. The van der Waals surface area contributed by atoms with Crippen LogP contribution < -0.4 is 0 Å². The lowest BCUT2D eigenvalue weighted by Gasteiger charge is -2.09. The Labute approximate surface area is 179 Å². The molecule has 0 bridgehead atoms. The second-order valence-electron chi connectivity index (χ2n) is 7.14. The van der Waals surface area contributed by atoms with Gasteiger partial charge in [-0.2, -0.15) is 0 Å². The summed E-state index contributed by atoms with van der Waals surface area (Å²) in [6.07, 6.45) is 3.32. The third-order valence-corrected chi connectivity index (χ3v) is 6.23. The lowest BCUT2D eigenvalue weighted by molar-refractivity contribution is 0.515. The van der Waals surface area contributed by atoms with E-state index >= 15 is 0 Å². The molecule has 0 aliphatic carbocycles. The average molecular weight is 463 g/mol.